The van der Waals surface area contributed by atoms with Crippen LogP contribution in [0.15, 0.2) is 35.5 Å². The Balaban J connectivity index is 1.96. The maximum atomic E-state index is 13.2. The van der Waals surface area contributed by atoms with Gasteiger partial charge < -0.3 is 25.0 Å². The van der Waals surface area contributed by atoms with Crippen molar-refractivity contribution < 1.29 is 23.9 Å². The standard InChI is InChI=1S/C24H35N5O5/c1-6-25-23(31)29-13-12-28(14-16(29)3)15-18-20(22(30)34-7-2)21(26-24(32)27(18)4)17-10-8-9-11-19(17)33-5/h8-11,16,21H,6-7,12-15H2,1-5H3,(H,25,31)(H,26,32). The van der Waals surface area contributed by atoms with Crippen molar-refractivity contribution in [2.45, 2.75) is 32.9 Å². The molecular weight excluding hydrogens is 438 g/mol. The van der Waals surface area contributed by atoms with Gasteiger partial charge >= 0.3 is 18.0 Å². The molecular formula is C24H35N5O5. The molecule has 2 heterocycles. The molecule has 0 aromatic heterocycles. The molecule has 1 aromatic carbocycles. The van der Waals surface area contributed by atoms with Gasteiger partial charge in [0.1, 0.15) is 5.75 Å². The van der Waals surface area contributed by atoms with Crippen LogP contribution in [0.4, 0.5) is 9.59 Å². The molecule has 10 heteroatoms. The van der Waals surface area contributed by atoms with E-state index in [1.807, 2.05) is 36.9 Å². The van der Waals surface area contributed by atoms with E-state index in [0.29, 0.717) is 55.3 Å². The molecule has 2 aliphatic rings. The van der Waals surface area contributed by atoms with Crippen molar-refractivity contribution in [3.05, 3.63) is 41.1 Å². The van der Waals surface area contributed by atoms with E-state index in [2.05, 4.69) is 15.5 Å². The van der Waals surface area contributed by atoms with Crippen LogP contribution in [0.2, 0.25) is 0 Å². The molecule has 10 nitrogen and oxygen atoms in total. The number of esters is 1. The molecule has 1 aromatic rings. The Morgan fingerprint density at radius 2 is 1.94 bits per heavy atom. The number of ether oxygens (including phenoxy) is 2. The summed E-state index contributed by atoms with van der Waals surface area (Å²) in [5.41, 5.74) is 1.64. The summed E-state index contributed by atoms with van der Waals surface area (Å²) < 4.78 is 10.9. The quantitative estimate of drug-likeness (QED) is 0.587. The largest absolute Gasteiger partial charge is 0.496 e. The van der Waals surface area contributed by atoms with E-state index in [0.717, 1.165) is 0 Å². The van der Waals surface area contributed by atoms with Crippen molar-refractivity contribution in [3.63, 3.8) is 0 Å². The molecule has 0 radical (unpaired) electrons. The van der Waals surface area contributed by atoms with Crippen LogP contribution in [0.5, 0.6) is 5.75 Å². The van der Waals surface area contributed by atoms with Gasteiger partial charge in [-0.15, -0.1) is 0 Å². The third-order valence-electron chi connectivity index (χ3n) is 6.20. The summed E-state index contributed by atoms with van der Waals surface area (Å²) in [5, 5.41) is 5.78. The molecule has 4 amide bonds. The highest BCUT2D eigenvalue weighted by Gasteiger charge is 2.39. The molecule has 2 unspecified atom stereocenters. The number of nitrogens with zero attached hydrogens (tertiary/aromatic N) is 3. The number of rotatable bonds is 7. The number of methoxy groups -OCH3 is 1. The topological polar surface area (TPSA) is 103 Å². The minimum Gasteiger partial charge on any atom is -0.496 e. The fraction of sp³-hybridized carbons (Fsp3) is 0.542. The molecule has 2 atom stereocenters. The van der Waals surface area contributed by atoms with E-state index in [1.165, 1.54) is 4.90 Å². The van der Waals surface area contributed by atoms with Crippen LogP contribution >= 0.6 is 0 Å². The van der Waals surface area contributed by atoms with Crippen molar-refractivity contribution in [2.24, 2.45) is 0 Å². The number of piperazine rings is 1. The highest BCUT2D eigenvalue weighted by Crippen LogP contribution is 2.36. The van der Waals surface area contributed by atoms with Crippen molar-refractivity contribution in [1.29, 1.82) is 0 Å². The second-order valence-corrected chi connectivity index (χ2v) is 8.38. The van der Waals surface area contributed by atoms with E-state index in [4.69, 9.17) is 9.47 Å². The Labute approximate surface area is 200 Å². The van der Waals surface area contributed by atoms with E-state index < -0.39 is 12.0 Å². The van der Waals surface area contributed by atoms with E-state index in [-0.39, 0.29) is 24.7 Å². The number of amides is 4. The average Bonchev–Trinajstić information content (AvgIpc) is 2.82. The van der Waals surface area contributed by atoms with Gasteiger partial charge in [-0.25, -0.2) is 14.4 Å². The zero-order chi connectivity index (χ0) is 24.8. The summed E-state index contributed by atoms with van der Waals surface area (Å²) in [5.74, 6) is 0.0944. The fourth-order valence-corrected chi connectivity index (χ4v) is 4.48. The molecule has 1 saturated heterocycles. The number of hydrogen-bond donors (Lipinski definition) is 2. The Hall–Kier alpha value is -3.27. The number of nitrogens with one attached hydrogen (secondary N) is 2. The summed E-state index contributed by atoms with van der Waals surface area (Å²) in [4.78, 5) is 43.9. The van der Waals surface area contributed by atoms with Gasteiger partial charge in [-0.1, -0.05) is 18.2 Å². The van der Waals surface area contributed by atoms with Crippen LogP contribution < -0.4 is 15.4 Å². The van der Waals surface area contributed by atoms with Crippen molar-refractivity contribution in [1.82, 2.24) is 25.3 Å². The predicted molar refractivity (Wildman–Crippen MR) is 127 cm³/mol. The number of para-hydroxylation sites is 1. The Bertz CT molecular complexity index is 949. The van der Waals surface area contributed by atoms with E-state index in [9.17, 15) is 14.4 Å². The van der Waals surface area contributed by atoms with Crippen LogP contribution in [-0.2, 0) is 9.53 Å². The molecule has 0 bridgehead atoms. The van der Waals surface area contributed by atoms with Crippen LogP contribution in [0, 0.1) is 0 Å². The van der Waals surface area contributed by atoms with Gasteiger partial charge in [0.15, 0.2) is 0 Å². The molecule has 186 valence electrons. The third-order valence-corrected chi connectivity index (χ3v) is 6.20. The van der Waals surface area contributed by atoms with Gasteiger partial charge in [0, 0.05) is 57.1 Å². The maximum Gasteiger partial charge on any atom is 0.338 e. The summed E-state index contributed by atoms with van der Waals surface area (Å²) >= 11 is 0. The van der Waals surface area contributed by atoms with Gasteiger partial charge in [-0.3, -0.25) is 9.80 Å². The first-order valence-electron chi connectivity index (χ1n) is 11.7. The second-order valence-electron chi connectivity index (χ2n) is 8.38. The maximum absolute atomic E-state index is 13.2. The van der Waals surface area contributed by atoms with Crippen LogP contribution in [0.25, 0.3) is 0 Å². The molecule has 2 N–H and O–H groups in total. The molecule has 3 rings (SSSR count). The van der Waals surface area contributed by atoms with Crippen molar-refractivity contribution in [2.75, 3.05) is 53.5 Å². The van der Waals surface area contributed by atoms with Crippen molar-refractivity contribution in [3.8, 4) is 5.75 Å². The van der Waals surface area contributed by atoms with Crippen LogP contribution in [-0.4, -0.2) is 92.3 Å². The molecule has 1 fully saturated rings. The lowest BCUT2D eigenvalue weighted by atomic mass is 9.93. The number of hydrogen-bond acceptors (Lipinski definition) is 6. The summed E-state index contributed by atoms with van der Waals surface area (Å²) in [7, 11) is 3.20. The average molecular weight is 474 g/mol. The van der Waals surface area contributed by atoms with Gasteiger partial charge in [0.2, 0.25) is 0 Å². The van der Waals surface area contributed by atoms with Gasteiger partial charge in [0.25, 0.3) is 0 Å². The number of carbonyl (C=O) groups excluding carboxylic acids is 3. The first-order chi connectivity index (χ1) is 16.3. The van der Waals surface area contributed by atoms with Crippen molar-refractivity contribution >= 4 is 18.0 Å². The highest BCUT2D eigenvalue weighted by atomic mass is 16.5. The Morgan fingerprint density at radius 3 is 2.59 bits per heavy atom. The first-order valence-corrected chi connectivity index (χ1v) is 11.7. The minimum absolute atomic E-state index is 0.0142. The molecule has 0 saturated carbocycles. The number of benzene rings is 1. The Morgan fingerprint density at radius 1 is 1.21 bits per heavy atom. The third kappa shape index (κ3) is 5.27. The molecule has 0 spiro atoms. The van der Waals surface area contributed by atoms with Crippen LogP contribution in [0.1, 0.15) is 32.4 Å². The zero-order valence-electron chi connectivity index (χ0n) is 20.6. The highest BCUT2D eigenvalue weighted by molar-refractivity contribution is 5.95. The first kappa shape index (κ1) is 25.4. The van der Waals surface area contributed by atoms with Gasteiger partial charge in [-0.05, 0) is 26.8 Å². The number of urea groups is 2. The molecule has 0 aliphatic carbocycles. The number of carbonyl (C=O) groups is 3. The van der Waals surface area contributed by atoms with Crippen LogP contribution in [0.3, 0.4) is 0 Å². The fourth-order valence-electron chi connectivity index (χ4n) is 4.48. The summed E-state index contributed by atoms with van der Waals surface area (Å²) in [6.07, 6.45) is 0. The van der Waals surface area contributed by atoms with E-state index >= 15 is 0 Å². The SMILES string of the molecule is CCNC(=O)N1CCN(CC2=C(C(=O)OCC)C(c3ccccc3OC)NC(=O)N2C)CC1C. The monoisotopic (exact) mass is 473 g/mol. The van der Waals surface area contributed by atoms with E-state index in [1.54, 1.807) is 27.1 Å². The summed E-state index contributed by atoms with van der Waals surface area (Å²) in [6, 6.07) is 6.20. The zero-order valence-corrected chi connectivity index (χ0v) is 20.6. The summed E-state index contributed by atoms with van der Waals surface area (Å²) in [6.45, 7) is 8.60. The Kier molecular flexibility index (Phi) is 8.38. The minimum atomic E-state index is -0.706. The smallest absolute Gasteiger partial charge is 0.338 e. The molecule has 34 heavy (non-hydrogen) atoms. The number of likely N-dealkylation sites (N-methyl/N-ethyl adjacent to an activating group) is 1. The lowest BCUT2D eigenvalue weighted by molar-refractivity contribution is -0.139. The predicted octanol–water partition coefficient (Wildman–Crippen LogP) is 1.94. The van der Waals surface area contributed by atoms with Gasteiger partial charge in [0.05, 0.1) is 25.3 Å². The molecule has 2 aliphatic heterocycles. The lowest BCUT2D eigenvalue weighted by Gasteiger charge is -2.42. The second kappa shape index (κ2) is 11.2. The van der Waals surface area contributed by atoms with Gasteiger partial charge in [-0.2, -0.15) is 0 Å². The normalized spacial score (nSPS) is 21.3. The lowest BCUT2D eigenvalue weighted by Crippen LogP contribution is -2.57.